The predicted molar refractivity (Wildman–Crippen MR) is 85.2 cm³/mol. The lowest BCUT2D eigenvalue weighted by Gasteiger charge is -2.06. The van der Waals surface area contributed by atoms with Crippen molar-refractivity contribution in [3.8, 4) is 6.07 Å². The van der Waals surface area contributed by atoms with E-state index in [2.05, 4.69) is 11.4 Å². The van der Waals surface area contributed by atoms with Crippen molar-refractivity contribution in [1.29, 1.82) is 5.26 Å². The van der Waals surface area contributed by atoms with Gasteiger partial charge in [0.15, 0.2) is 0 Å². The monoisotopic (exact) mass is 316 g/mol. The van der Waals surface area contributed by atoms with Crippen LogP contribution >= 0.6 is 23.4 Å². The van der Waals surface area contributed by atoms with Gasteiger partial charge in [0.25, 0.3) is 0 Å². The highest BCUT2D eigenvalue weighted by atomic mass is 35.5. The molecule has 3 nitrogen and oxygen atoms in total. The number of rotatable bonds is 5. The summed E-state index contributed by atoms with van der Waals surface area (Å²) in [7, 11) is 0. The van der Waals surface area contributed by atoms with Crippen molar-refractivity contribution in [3.05, 3.63) is 64.7 Å². The van der Waals surface area contributed by atoms with Gasteiger partial charge in [0.2, 0.25) is 5.91 Å². The van der Waals surface area contributed by atoms with Crippen molar-refractivity contribution in [1.82, 2.24) is 5.32 Å². The summed E-state index contributed by atoms with van der Waals surface area (Å²) in [6, 6.07) is 16.7. The molecule has 0 saturated carbocycles. The fourth-order valence-corrected chi connectivity index (χ4v) is 2.78. The molecule has 0 aliphatic rings. The molecule has 0 fully saturated rings. The third-order valence-corrected chi connectivity index (χ3v) is 4.26. The highest BCUT2D eigenvalue weighted by Crippen LogP contribution is 2.26. The minimum absolute atomic E-state index is 0.0673. The molecule has 0 heterocycles. The van der Waals surface area contributed by atoms with Crippen LogP contribution in [0.15, 0.2) is 53.4 Å². The molecule has 1 N–H and O–H groups in total. The maximum atomic E-state index is 11.8. The van der Waals surface area contributed by atoms with Gasteiger partial charge in [-0.2, -0.15) is 5.26 Å². The number of nitrogens with one attached hydrogen (secondary N) is 1. The average molecular weight is 317 g/mol. The average Bonchev–Trinajstić information content (AvgIpc) is 2.52. The normalized spacial score (nSPS) is 9.90. The number of carbonyl (C=O) groups is 1. The Balaban J connectivity index is 1.82. The van der Waals surface area contributed by atoms with E-state index in [-0.39, 0.29) is 5.91 Å². The molecule has 0 spiro atoms. The number of nitriles is 1. The zero-order valence-corrected chi connectivity index (χ0v) is 12.7. The summed E-state index contributed by atoms with van der Waals surface area (Å²) in [5.74, 6) is 0.240. The molecule has 0 bridgehead atoms. The second kappa shape index (κ2) is 7.72. The zero-order chi connectivity index (χ0) is 15.1. The van der Waals surface area contributed by atoms with Gasteiger partial charge in [-0.1, -0.05) is 35.9 Å². The number of nitrogens with zero attached hydrogens (tertiary/aromatic N) is 1. The minimum Gasteiger partial charge on any atom is -0.351 e. The van der Waals surface area contributed by atoms with E-state index in [9.17, 15) is 4.79 Å². The van der Waals surface area contributed by atoms with Gasteiger partial charge in [0.1, 0.15) is 0 Å². The second-order valence-corrected chi connectivity index (χ2v) is 5.73. The first kappa shape index (κ1) is 15.4. The molecule has 106 valence electrons. The molecule has 0 unspecified atom stereocenters. The Hall–Kier alpha value is -1.96. The summed E-state index contributed by atoms with van der Waals surface area (Å²) in [5, 5.41) is 12.3. The van der Waals surface area contributed by atoms with Crippen LogP contribution in [0.4, 0.5) is 0 Å². The summed E-state index contributed by atoms with van der Waals surface area (Å²) in [5.41, 5.74) is 1.50. The Kier molecular flexibility index (Phi) is 5.68. The topological polar surface area (TPSA) is 52.9 Å². The summed E-state index contributed by atoms with van der Waals surface area (Å²) in [6.45, 7) is 0.414. The first-order chi connectivity index (χ1) is 10.2. The van der Waals surface area contributed by atoms with Gasteiger partial charge >= 0.3 is 0 Å². The third kappa shape index (κ3) is 4.82. The van der Waals surface area contributed by atoms with Crippen LogP contribution in [0.3, 0.4) is 0 Å². The van der Waals surface area contributed by atoms with Crippen molar-refractivity contribution >= 4 is 29.3 Å². The molecular weight excluding hydrogens is 304 g/mol. The standard InChI is InChI=1S/C16H13ClN2OS/c17-14-6-1-2-7-15(14)21-11-16(20)19-10-13-5-3-4-12(8-13)9-18/h1-8H,10-11H2,(H,19,20). The maximum absolute atomic E-state index is 11.8. The molecule has 0 saturated heterocycles. The van der Waals surface area contributed by atoms with E-state index in [1.54, 1.807) is 24.3 Å². The summed E-state index contributed by atoms with van der Waals surface area (Å²) < 4.78 is 0. The van der Waals surface area contributed by atoms with E-state index < -0.39 is 0 Å². The first-order valence-electron chi connectivity index (χ1n) is 6.32. The summed E-state index contributed by atoms with van der Waals surface area (Å²) >= 11 is 7.43. The second-order valence-electron chi connectivity index (χ2n) is 4.31. The van der Waals surface area contributed by atoms with E-state index in [0.717, 1.165) is 10.5 Å². The van der Waals surface area contributed by atoms with Gasteiger partial charge < -0.3 is 5.32 Å². The summed E-state index contributed by atoms with van der Waals surface area (Å²) in [6.07, 6.45) is 0. The maximum Gasteiger partial charge on any atom is 0.230 e. The SMILES string of the molecule is N#Cc1cccc(CNC(=O)CSc2ccccc2Cl)c1. The Morgan fingerprint density at radius 1 is 1.24 bits per heavy atom. The van der Waals surface area contributed by atoms with Crippen LogP contribution in [0.25, 0.3) is 0 Å². The molecule has 2 aromatic carbocycles. The number of thioether (sulfide) groups is 1. The summed E-state index contributed by atoms with van der Waals surface area (Å²) in [4.78, 5) is 12.7. The van der Waals surface area contributed by atoms with Gasteiger partial charge in [-0.3, -0.25) is 4.79 Å². The van der Waals surface area contributed by atoms with Crippen LogP contribution in [0.2, 0.25) is 5.02 Å². The largest absolute Gasteiger partial charge is 0.351 e. The van der Waals surface area contributed by atoms with Crippen LogP contribution in [0, 0.1) is 11.3 Å². The molecule has 0 atom stereocenters. The number of carbonyl (C=O) groups excluding carboxylic acids is 1. The van der Waals surface area contributed by atoms with Crippen LogP contribution in [0.5, 0.6) is 0 Å². The van der Waals surface area contributed by atoms with E-state index in [1.165, 1.54) is 11.8 Å². The van der Waals surface area contributed by atoms with E-state index in [1.807, 2.05) is 24.3 Å². The molecular formula is C16H13ClN2OS. The quantitative estimate of drug-likeness (QED) is 0.857. The molecule has 0 aliphatic heterocycles. The molecule has 2 aromatic rings. The molecule has 0 aliphatic carbocycles. The van der Waals surface area contributed by atoms with E-state index >= 15 is 0 Å². The molecule has 5 heteroatoms. The fourth-order valence-electron chi connectivity index (χ4n) is 1.71. The minimum atomic E-state index is -0.0673. The Morgan fingerprint density at radius 3 is 2.81 bits per heavy atom. The Morgan fingerprint density at radius 2 is 2.05 bits per heavy atom. The number of benzene rings is 2. The number of hydrogen-bond acceptors (Lipinski definition) is 3. The first-order valence-corrected chi connectivity index (χ1v) is 7.68. The van der Waals surface area contributed by atoms with Gasteiger partial charge in [0, 0.05) is 11.4 Å². The van der Waals surface area contributed by atoms with Gasteiger partial charge in [0.05, 0.1) is 22.4 Å². The Bertz CT molecular complexity index is 682. The predicted octanol–water partition coefficient (Wildman–Crippen LogP) is 3.62. The van der Waals surface area contributed by atoms with Crippen molar-refractivity contribution in [2.24, 2.45) is 0 Å². The number of hydrogen-bond donors (Lipinski definition) is 1. The molecule has 0 aromatic heterocycles. The molecule has 21 heavy (non-hydrogen) atoms. The van der Waals surface area contributed by atoms with E-state index in [0.29, 0.717) is 22.9 Å². The van der Waals surface area contributed by atoms with Crippen molar-refractivity contribution in [2.75, 3.05) is 5.75 Å². The van der Waals surface area contributed by atoms with Gasteiger partial charge in [-0.25, -0.2) is 0 Å². The smallest absolute Gasteiger partial charge is 0.230 e. The lowest BCUT2D eigenvalue weighted by atomic mass is 10.1. The van der Waals surface area contributed by atoms with Crippen LogP contribution in [-0.2, 0) is 11.3 Å². The van der Waals surface area contributed by atoms with Crippen molar-refractivity contribution in [3.63, 3.8) is 0 Å². The fraction of sp³-hybridized carbons (Fsp3) is 0.125. The highest BCUT2D eigenvalue weighted by Gasteiger charge is 2.05. The molecule has 1 amide bonds. The number of amides is 1. The lowest BCUT2D eigenvalue weighted by Crippen LogP contribution is -2.24. The van der Waals surface area contributed by atoms with Gasteiger partial charge in [-0.15, -0.1) is 11.8 Å². The van der Waals surface area contributed by atoms with Crippen LogP contribution in [0.1, 0.15) is 11.1 Å². The zero-order valence-electron chi connectivity index (χ0n) is 11.2. The van der Waals surface area contributed by atoms with E-state index in [4.69, 9.17) is 16.9 Å². The van der Waals surface area contributed by atoms with Crippen molar-refractivity contribution in [2.45, 2.75) is 11.4 Å². The Labute approximate surface area is 132 Å². The highest BCUT2D eigenvalue weighted by molar-refractivity contribution is 8.00. The van der Waals surface area contributed by atoms with Crippen LogP contribution in [-0.4, -0.2) is 11.7 Å². The van der Waals surface area contributed by atoms with Crippen LogP contribution < -0.4 is 5.32 Å². The van der Waals surface area contributed by atoms with Crippen molar-refractivity contribution < 1.29 is 4.79 Å². The lowest BCUT2D eigenvalue weighted by molar-refractivity contribution is -0.118. The third-order valence-electron chi connectivity index (χ3n) is 2.74. The van der Waals surface area contributed by atoms with Gasteiger partial charge in [-0.05, 0) is 29.8 Å². The molecule has 0 radical (unpaired) electrons. The molecule has 2 rings (SSSR count). The number of halogens is 1.